The third-order valence-corrected chi connectivity index (χ3v) is 0.469. The van der Waals surface area contributed by atoms with Gasteiger partial charge < -0.3 is 0 Å². The fourth-order valence-corrected chi connectivity index (χ4v) is 0.207. The summed E-state index contributed by atoms with van der Waals surface area (Å²) in [6.07, 6.45) is 8.53. The molecule has 1 heteroatoms. The second-order valence-corrected chi connectivity index (χ2v) is 1.01. The van der Waals surface area contributed by atoms with E-state index in [2.05, 4.69) is 6.58 Å². The molecule has 0 aliphatic carbocycles. The average molecular weight is 156 g/mol. The summed E-state index contributed by atoms with van der Waals surface area (Å²) in [6.45, 7) is 8.47. The molecule has 0 unspecified atom stereocenters. The first kappa shape index (κ1) is 10.6. The molecule has 8 heavy (non-hydrogen) atoms. The predicted octanol–water partition coefficient (Wildman–Crippen LogP) is 1.92. The maximum absolute atomic E-state index is 5.00. The van der Waals surface area contributed by atoms with Gasteiger partial charge in [0.1, 0.15) is 0 Å². The molecule has 0 aromatic rings. The van der Waals surface area contributed by atoms with Crippen LogP contribution < -0.4 is 0 Å². The van der Waals surface area contributed by atoms with Crippen molar-refractivity contribution in [1.82, 2.24) is 0 Å². The van der Waals surface area contributed by atoms with E-state index < -0.39 is 0 Å². The van der Waals surface area contributed by atoms with Gasteiger partial charge in [0, 0.05) is 0 Å². The third kappa shape index (κ3) is 9.15. The fraction of sp³-hybridized carbons (Fsp3) is 0. The van der Waals surface area contributed by atoms with E-state index in [1.165, 1.54) is 6.08 Å². The zero-order valence-corrected chi connectivity index (χ0v) is 5.41. The zero-order valence-electron chi connectivity index (χ0n) is 4.47. The molecule has 0 aromatic carbocycles. The van der Waals surface area contributed by atoms with E-state index in [4.69, 9.17) is 6.58 Å². The van der Waals surface area contributed by atoms with Crippen molar-refractivity contribution < 1.29 is 17.1 Å². The summed E-state index contributed by atoms with van der Waals surface area (Å²) >= 11 is 0. The quantitative estimate of drug-likeness (QED) is 0.332. The molecule has 0 rings (SSSR count). The zero-order chi connectivity index (χ0) is 5.54. The van der Waals surface area contributed by atoms with Crippen molar-refractivity contribution in [3.63, 3.8) is 0 Å². The van der Waals surface area contributed by atoms with Crippen LogP contribution in [0.15, 0.2) is 30.9 Å². The summed E-state index contributed by atoms with van der Waals surface area (Å²) in [4.78, 5) is 0. The van der Waals surface area contributed by atoms with Crippen LogP contribution in [0.4, 0.5) is 0 Å². The Morgan fingerprint density at radius 2 is 2.12 bits per heavy atom. The van der Waals surface area contributed by atoms with E-state index in [1.807, 2.05) is 12.5 Å². The molecule has 0 nitrogen and oxygen atoms in total. The first-order valence-corrected chi connectivity index (χ1v) is 2.07. The Morgan fingerprint density at radius 1 is 1.50 bits per heavy atom. The van der Waals surface area contributed by atoms with E-state index in [0.717, 1.165) is 0 Å². The van der Waals surface area contributed by atoms with Crippen molar-refractivity contribution in [3.05, 3.63) is 43.9 Å². The predicted molar refractivity (Wildman–Crippen MR) is 32.5 cm³/mol. The summed E-state index contributed by atoms with van der Waals surface area (Å²) in [5.74, 6) is 0. The second-order valence-electron chi connectivity index (χ2n) is 1.01. The van der Waals surface area contributed by atoms with Gasteiger partial charge in [-0.2, -0.15) is 31.2 Å². The molecule has 0 saturated heterocycles. The Balaban J connectivity index is 0. The van der Waals surface area contributed by atoms with E-state index in [9.17, 15) is 0 Å². The molecule has 0 aromatic heterocycles. The molecule has 0 spiro atoms. The van der Waals surface area contributed by atoms with Crippen LogP contribution in [-0.4, -0.2) is 0 Å². The maximum atomic E-state index is 5.00. The Hall–Kier alpha value is -0.391. The van der Waals surface area contributed by atoms with Gasteiger partial charge >= 0.3 is 17.1 Å². The third-order valence-electron chi connectivity index (χ3n) is 0.469. The van der Waals surface area contributed by atoms with Gasteiger partial charge in [-0.1, -0.05) is 0 Å². The van der Waals surface area contributed by atoms with E-state index in [-0.39, 0.29) is 17.1 Å². The Morgan fingerprint density at radius 3 is 2.50 bits per heavy atom. The summed E-state index contributed by atoms with van der Waals surface area (Å²) in [7, 11) is 0. The molecule has 0 bridgehead atoms. The standard InChI is InChI=1S/C7H8.Cu/c1-3-5-7-6-4-2;/h1,3-7H,2H2;/q-2;+2/b7-5-;. The van der Waals surface area contributed by atoms with Crippen molar-refractivity contribution in [2.45, 2.75) is 0 Å². The average Bonchev–Trinajstić information content (AvgIpc) is 1.69. The molecule has 0 atom stereocenters. The normalized spacial score (nSPS) is 7.50. The van der Waals surface area contributed by atoms with Gasteiger partial charge in [0.2, 0.25) is 0 Å². The molecule has 0 aliphatic heterocycles. The van der Waals surface area contributed by atoms with Crippen LogP contribution in [0.3, 0.4) is 0 Å². The summed E-state index contributed by atoms with van der Waals surface area (Å²) in [5.41, 5.74) is 0. The minimum atomic E-state index is 0. The monoisotopic (exact) mass is 155 g/mol. The number of hydrogen-bond donors (Lipinski definition) is 0. The maximum Gasteiger partial charge on any atom is 2.00 e. The minimum Gasteiger partial charge on any atom is -0.287 e. The Bertz CT molecular complexity index is 82.4. The minimum absolute atomic E-state index is 0. The van der Waals surface area contributed by atoms with Crippen molar-refractivity contribution in [2.24, 2.45) is 0 Å². The van der Waals surface area contributed by atoms with Gasteiger partial charge in [-0.3, -0.25) is 6.58 Å². The number of rotatable bonds is 3. The Kier molecular flexibility index (Phi) is 12.9. The molecule has 47 valence electrons. The molecular formula is C7H8Cu. The molecule has 0 aliphatic rings. The SMILES string of the molecule is [CH-]=C/C=C\[CH-]C=C.[Cu+2]. The Labute approximate surface area is 61.5 Å². The first-order chi connectivity index (χ1) is 3.41. The largest absolute Gasteiger partial charge is 2.00 e. The molecule has 1 radical (unpaired) electrons. The van der Waals surface area contributed by atoms with Crippen LogP contribution in [0, 0.1) is 13.0 Å². The second kappa shape index (κ2) is 9.79. The van der Waals surface area contributed by atoms with Crippen LogP contribution >= 0.6 is 0 Å². The van der Waals surface area contributed by atoms with E-state index in [0.29, 0.717) is 0 Å². The summed E-state index contributed by atoms with van der Waals surface area (Å²) < 4.78 is 0. The van der Waals surface area contributed by atoms with Gasteiger partial charge in [0.05, 0.1) is 0 Å². The van der Waals surface area contributed by atoms with Crippen LogP contribution in [-0.2, 0) is 17.1 Å². The van der Waals surface area contributed by atoms with Crippen molar-refractivity contribution in [3.8, 4) is 0 Å². The van der Waals surface area contributed by atoms with Gasteiger partial charge in [-0.25, -0.2) is 6.08 Å². The smallest absolute Gasteiger partial charge is 0.287 e. The molecule has 0 saturated carbocycles. The van der Waals surface area contributed by atoms with E-state index in [1.54, 1.807) is 12.2 Å². The summed E-state index contributed by atoms with van der Waals surface area (Å²) in [6, 6.07) is 0. The van der Waals surface area contributed by atoms with Crippen molar-refractivity contribution >= 4 is 0 Å². The molecule has 0 heterocycles. The van der Waals surface area contributed by atoms with Crippen LogP contribution in [0.25, 0.3) is 0 Å². The number of hydrogen-bond acceptors (Lipinski definition) is 0. The van der Waals surface area contributed by atoms with Crippen molar-refractivity contribution in [2.75, 3.05) is 0 Å². The van der Waals surface area contributed by atoms with Gasteiger partial charge in [-0.15, -0.1) is 0 Å². The van der Waals surface area contributed by atoms with Gasteiger partial charge in [0.15, 0.2) is 0 Å². The van der Waals surface area contributed by atoms with Gasteiger partial charge in [-0.05, 0) is 0 Å². The number of allylic oxidation sites excluding steroid dienone is 4. The van der Waals surface area contributed by atoms with Crippen molar-refractivity contribution in [1.29, 1.82) is 0 Å². The molecular weight excluding hydrogens is 148 g/mol. The molecule has 0 N–H and O–H groups in total. The van der Waals surface area contributed by atoms with Crippen LogP contribution in [0.5, 0.6) is 0 Å². The summed E-state index contributed by atoms with van der Waals surface area (Å²) in [5, 5.41) is 0. The van der Waals surface area contributed by atoms with Crippen LogP contribution in [0.1, 0.15) is 0 Å². The fourth-order valence-electron chi connectivity index (χ4n) is 0.207. The topological polar surface area (TPSA) is 0 Å². The molecule has 0 amide bonds. The first-order valence-electron chi connectivity index (χ1n) is 2.07. The molecule has 0 fully saturated rings. The van der Waals surface area contributed by atoms with E-state index >= 15 is 0 Å². The van der Waals surface area contributed by atoms with Gasteiger partial charge in [0.25, 0.3) is 0 Å². The van der Waals surface area contributed by atoms with Crippen LogP contribution in [0.2, 0.25) is 0 Å².